The molecule has 1 atom stereocenters. The van der Waals surface area contributed by atoms with Crippen LogP contribution < -0.4 is 20.3 Å². The maximum Gasteiger partial charge on any atom is 0.279 e. The summed E-state index contributed by atoms with van der Waals surface area (Å²) in [5.41, 5.74) is 3.75. The van der Waals surface area contributed by atoms with Gasteiger partial charge in [-0.05, 0) is 62.2 Å². The molecule has 29 heavy (non-hydrogen) atoms. The molecule has 0 heterocycles. The van der Waals surface area contributed by atoms with Gasteiger partial charge in [0.2, 0.25) is 5.91 Å². The molecule has 6 nitrogen and oxygen atoms in total. The van der Waals surface area contributed by atoms with Gasteiger partial charge >= 0.3 is 0 Å². The lowest BCUT2D eigenvalue weighted by Crippen LogP contribution is -3.12. The zero-order chi connectivity index (χ0) is 21.2. The minimum absolute atomic E-state index is 0.0235. The minimum Gasteiger partial charge on any atom is -0.493 e. The first-order valence-electron chi connectivity index (χ1n) is 10.1. The number of hydrogen-bond donors (Lipinski definition) is 3. The van der Waals surface area contributed by atoms with Crippen LogP contribution in [0.4, 0.5) is 11.4 Å². The summed E-state index contributed by atoms with van der Waals surface area (Å²) in [6, 6.07) is 13.3. The third-order valence-electron chi connectivity index (χ3n) is 4.68. The molecule has 0 aliphatic rings. The summed E-state index contributed by atoms with van der Waals surface area (Å²) in [4.78, 5) is 24.6. The molecule has 6 heteroatoms. The molecule has 3 N–H and O–H groups in total. The molecule has 0 fully saturated rings. The fourth-order valence-electron chi connectivity index (χ4n) is 3.03. The largest absolute Gasteiger partial charge is 0.493 e. The van der Waals surface area contributed by atoms with Crippen LogP contribution in [-0.2, 0) is 9.59 Å². The Bertz CT molecular complexity index is 819. The van der Waals surface area contributed by atoms with E-state index < -0.39 is 0 Å². The lowest BCUT2D eigenvalue weighted by atomic mass is 10.1. The van der Waals surface area contributed by atoms with E-state index in [0.717, 1.165) is 36.5 Å². The van der Waals surface area contributed by atoms with Gasteiger partial charge in [0.25, 0.3) is 5.91 Å². The van der Waals surface area contributed by atoms with Crippen molar-refractivity contribution in [3.63, 3.8) is 0 Å². The van der Waals surface area contributed by atoms with E-state index in [-0.39, 0.29) is 11.8 Å². The number of amides is 2. The molecule has 0 spiro atoms. The van der Waals surface area contributed by atoms with Crippen molar-refractivity contribution in [3.8, 4) is 5.75 Å². The predicted octanol–water partition coefficient (Wildman–Crippen LogP) is 2.57. The van der Waals surface area contributed by atoms with Gasteiger partial charge < -0.3 is 20.3 Å². The van der Waals surface area contributed by atoms with Gasteiger partial charge in [-0.25, -0.2) is 0 Å². The standard InChI is InChI=1S/C23H31N3O3/c1-5-26(13-6-14-29-22-15-17(2)7-8-18(22)3)16-23(28)25-21-11-9-20(10-12-21)24-19(4)27/h7-12,15H,5-6,13-14,16H2,1-4H3,(H,24,27)(H,25,28)/p+1. The molecule has 0 aromatic heterocycles. The molecule has 1 unspecified atom stereocenters. The van der Waals surface area contributed by atoms with Gasteiger partial charge in [0, 0.05) is 24.7 Å². The number of nitrogens with one attached hydrogen (secondary N) is 3. The number of rotatable bonds is 10. The second-order valence-electron chi connectivity index (χ2n) is 7.31. The van der Waals surface area contributed by atoms with Gasteiger partial charge in [-0.1, -0.05) is 12.1 Å². The Kier molecular flexibility index (Phi) is 8.68. The van der Waals surface area contributed by atoms with Crippen molar-refractivity contribution < 1.29 is 19.2 Å². The normalized spacial score (nSPS) is 11.6. The van der Waals surface area contributed by atoms with Gasteiger partial charge in [0.15, 0.2) is 6.54 Å². The summed E-state index contributed by atoms with van der Waals surface area (Å²) < 4.78 is 5.91. The summed E-state index contributed by atoms with van der Waals surface area (Å²) >= 11 is 0. The average molecular weight is 399 g/mol. The number of likely N-dealkylation sites (N-methyl/N-ethyl adjacent to an activating group) is 1. The highest BCUT2D eigenvalue weighted by molar-refractivity contribution is 5.92. The highest BCUT2D eigenvalue weighted by Crippen LogP contribution is 2.19. The Labute approximate surface area is 173 Å². The Morgan fingerprint density at radius 2 is 1.66 bits per heavy atom. The molecule has 0 bridgehead atoms. The molecule has 0 saturated carbocycles. The minimum atomic E-state index is -0.120. The van der Waals surface area contributed by atoms with Crippen LogP contribution >= 0.6 is 0 Å². The van der Waals surface area contributed by atoms with Crippen LogP contribution in [0.2, 0.25) is 0 Å². The van der Waals surface area contributed by atoms with Crippen molar-refractivity contribution in [3.05, 3.63) is 53.6 Å². The molecule has 2 aromatic carbocycles. The number of carbonyl (C=O) groups is 2. The first-order chi connectivity index (χ1) is 13.9. The van der Waals surface area contributed by atoms with Gasteiger partial charge in [-0.3, -0.25) is 9.59 Å². The second-order valence-corrected chi connectivity index (χ2v) is 7.31. The van der Waals surface area contributed by atoms with Crippen molar-refractivity contribution in [1.82, 2.24) is 0 Å². The first kappa shape index (κ1) is 22.4. The fraction of sp³-hybridized carbons (Fsp3) is 0.391. The third-order valence-corrected chi connectivity index (χ3v) is 4.68. The SMILES string of the molecule is CC[NH+](CCCOc1cc(C)ccc1C)CC(=O)Nc1ccc(NC(C)=O)cc1. The van der Waals surface area contributed by atoms with E-state index in [1.807, 2.05) is 6.92 Å². The molecule has 0 saturated heterocycles. The molecule has 2 aromatic rings. The molecule has 2 amide bonds. The number of carbonyl (C=O) groups excluding carboxylic acids is 2. The summed E-state index contributed by atoms with van der Waals surface area (Å²) in [6.45, 7) is 10.4. The third kappa shape index (κ3) is 7.95. The number of quaternary nitrogens is 1. The van der Waals surface area contributed by atoms with Crippen LogP contribution in [0.25, 0.3) is 0 Å². The number of hydrogen-bond acceptors (Lipinski definition) is 3. The number of benzene rings is 2. The van der Waals surface area contributed by atoms with Crippen molar-refractivity contribution >= 4 is 23.2 Å². The summed E-state index contributed by atoms with van der Waals surface area (Å²) in [6.07, 6.45) is 0.884. The Balaban J connectivity index is 1.74. The molecular weight excluding hydrogens is 366 g/mol. The van der Waals surface area contributed by atoms with Crippen LogP contribution in [0.5, 0.6) is 5.75 Å². The smallest absolute Gasteiger partial charge is 0.279 e. The van der Waals surface area contributed by atoms with Crippen molar-refractivity contribution in [1.29, 1.82) is 0 Å². The average Bonchev–Trinajstić information content (AvgIpc) is 2.68. The maximum atomic E-state index is 12.3. The Morgan fingerprint density at radius 1 is 1.00 bits per heavy atom. The van der Waals surface area contributed by atoms with E-state index in [0.29, 0.717) is 18.8 Å². The van der Waals surface area contributed by atoms with Crippen LogP contribution in [0.3, 0.4) is 0 Å². The Hall–Kier alpha value is -2.86. The van der Waals surface area contributed by atoms with E-state index in [9.17, 15) is 9.59 Å². The predicted molar refractivity (Wildman–Crippen MR) is 117 cm³/mol. The quantitative estimate of drug-likeness (QED) is 0.539. The van der Waals surface area contributed by atoms with E-state index in [1.54, 1.807) is 24.3 Å². The highest BCUT2D eigenvalue weighted by atomic mass is 16.5. The zero-order valence-electron chi connectivity index (χ0n) is 17.8. The summed E-state index contributed by atoms with van der Waals surface area (Å²) in [5.74, 6) is 0.790. The monoisotopic (exact) mass is 398 g/mol. The lowest BCUT2D eigenvalue weighted by molar-refractivity contribution is -0.890. The topological polar surface area (TPSA) is 71.9 Å². The van der Waals surface area contributed by atoms with E-state index in [4.69, 9.17) is 4.74 Å². The number of ether oxygens (including phenoxy) is 1. The van der Waals surface area contributed by atoms with Gasteiger partial charge in [0.1, 0.15) is 5.75 Å². The summed E-state index contributed by atoms with van der Waals surface area (Å²) in [5, 5.41) is 5.62. The van der Waals surface area contributed by atoms with Crippen LogP contribution in [0.1, 0.15) is 31.4 Å². The molecular formula is C23H32N3O3+. The van der Waals surface area contributed by atoms with Gasteiger partial charge in [-0.2, -0.15) is 0 Å². The van der Waals surface area contributed by atoms with E-state index >= 15 is 0 Å². The van der Waals surface area contributed by atoms with Crippen molar-refractivity contribution in [2.75, 3.05) is 36.9 Å². The van der Waals surface area contributed by atoms with Gasteiger partial charge in [-0.15, -0.1) is 0 Å². The second kappa shape index (κ2) is 11.2. The first-order valence-corrected chi connectivity index (χ1v) is 10.1. The van der Waals surface area contributed by atoms with E-state index in [2.05, 4.69) is 42.7 Å². The Morgan fingerprint density at radius 3 is 2.28 bits per heavy atom. The van der Waals surface area contributed by atoms with Crippen LogP contribution in [-0.4, -0.2) is 38.1 Å². The van der Waals surface area contributed by atoms with Crippen molar-refractivity contribution in [2.24, 2.45) is 0 Å². The van der Waals surface area contributed by atoms with Crippen LogP contribution in [0, 0.1) is 13.8 Å². The zero-order valence-corrected chi connectivity index (χ0v) is 17.8. The molecule has 0 aliphatic carbocycles. The lowest BCUT2D eigenvalue weighted by Gasteiger charge is -2.18. The van der Waals surface area contributed by atoms with Gasteiger partial charge in [0.05, 0.1) is 19.7 Å². The summed E-state index contributed by atoms with van der Waals surface area (Å²) in [7, 11) is 0. The number of aryl methyl sites for hydroxylation is 2. The highest BCUT2D eigenvalue weighted by Gasteiger charge is 2.13. The van der Waals surface area contributed by atoms with Crippen molar-refractivity contribution in [2.45, 2.75) is 34.1 Å². The maximum absolute atomic E-state index is 12.3. The number of anilines is 2. The van der Waals surface area contributed by atoms with Crippen LogP contribution in [0.15, 0.2) is 42.5 Å². The molecule has 2 rings (SSSR count). The molecule has 0 radical (unpaired) electrons. The fourth-order valence-corrected chi connectivity index (χ4v) is 3.03. The molecule has 156 valence electrons. The molecule has 0 aliphatic heterocycles. The van der Waals surface area contributed by atoms with E-state index in [1.165, 1.54) is 17.4 Å².